The second-order valence-electron chi connectivity index (χ2n) is 5.42. The molecule has 1 amide bonds. The first kappa shape index (κ1) is 14.8. The van der Waals surface area contributed by atoms with Crippen LogP contribution in [0.4, 0.5) is 5.69 Å². The van der Waals surface area contributed by atoms with Gasteiger partial charge in [0.1, 0.15) is 0 Å². The van der Waals surface area contributed by atoms with Crippen molar-refractivity contribution in [1.29, 1.82) is 0 Å². The van der Waals surface area contributed by atoms with Crippen molar-refractivity contribution in [3.8, 4) is 0 Å². The molecule has 1 aromatic rings. The van der Waals surface area contributed by atoms with Gasteiger partial charge in [-0.2, -0.15) is 0 Å². The minimum absolute atomic E-state index is 0.0149. The van der Waals surface area contributed by atoms with Crippen molar-refractivity contribution in [3.05, 3.63) is 18.0 Å². The number of anilines is 1. The van der Waals surface area contributed by atoms with E-state index < -0.39 is 0 Å². The van der Waals surface area contributed by atoms with E-state index in [0.717, 1.165) is 17.8 Å². The molecule has 0 unspecified atom stereocenters. The molecule has 1 heterocycles. The SMILES string of the molecule is CC(C)NCc1cn(C)cc1N(C)C(=O)C(C)C. The highest BCUT2D eigenvalue weighted by molar-refractivity contribution is 5.94. The van der Waals surface area contributed by atoms with Crippen LogP contribution < -0.4 is 10.2 Å². The van der Waals surface area contributed by atoms with Crippen molar-refractivity contribution in [1.82, 2.24) is 9.88 Å². The first-order chi connectivity index (χ1) is 8.32. The van der Waals surface area contributed by atoms with Crippen molar-refractivity contribution < 1.29 is 4.79 Å². The number of rotatable bonds is 5. The van der Waals surface area contributed by atoms with E-state index in [1.165, 1.54) is 0 Å². The molecule has 1 N–H and O–H groups in total. The zero-order chi connectivity index (χ0) is 13.9. The van der Waals surface area contributed by atoms with Crippen LogP contribution in [0.5, 0.6) is 0 Å². The minimum atomic E-state index is 0.0149. The fraction of sp³-hybridized carbons (Fsp3) is 0.643. The summed E-state index contributed by atoms with van der Waals surface area (Å²) >= 11 is 0. The van der Waals surface area contributed by atoms with Gasteiger partial charge >= 0.3 is 0 Å². The maximum absolute atomic E-state index is 12.0. The molecule has 18 heavy (non-hydrogen) atoms. The molecule has 1 aromatic heterocycles. The number of carbonyl (C=O) groups is 1. The fourth-order valence-corrected chi connectivity index (χ4v) is 1.88. The zero-order valence-corrected chi connectivity index (χ0v) is 12.3. The second-order valence-corrected chi connectivity index (χ2v) is 5.42. The molecule has 0 atom stereocenters. The predicted octanol–water partition coefficient (Wildman–Crippen LogP) is 2.14. The quantitative estimate of drug-likeness (QED) is 0.870. The number of hydrogen-bond acceptors (Lipinski definition) is 2. The maximum atomic E-state index is 12.0. The van der Waals surface area contributed by atoms with E-state index in [9.17, 15) is 4.79 Å². The van der Waals surface area contributed by atoms with Gasteiger partial charge in [-0.1, -0.05) is 27.7 Å². The Morgan fingerprint density at radius 2 is 1.94 bits per heavy atom. The molecule has 4 heteroatoms. The summed E-state index contributed by atoms with van der Waals surface area (Å²) in [5.41, 5.74) is 2.15. The van der Waals surface area contributed by atoms with Gasteiger partial charge in [0, 0.05) is 50.6 Å². The average Bonchev–Trinajstić information content (AvgIpc) is 2.65. The summed E-state index contributed by atoms with van der Waals surface area (Å²) in [5.74, 6) is 0.160. The number of nitrogens with one attached hydrogen (secondary N) is 1. The molecule has 0 fully saturated rings. The van der Waals surface area contributed by atoms with Crippen molar-refractivity contribution >= 4 is 11.6 Å². The van der Waals surface area contributed by atoms with Gasteiger partial charge in [-0.3, -0.25) is 4.79 Å². The summed E-state index contributed by atoms with van der Waals surface area (Å²) in [6, 6.07) is 0.434. The number of nitrogens with zero attached hydrogens (tertiary/aromatic N) is 2. The summed E-state index contributed by atoms with van der Waals surface area (Å²) in [4.78, 5) is 13.8. The molecule has 0 saturated heterocycles. The molecule has 0 bridgehead atoms. The molecule has 4 nitrogen and oxygen atoms in total. The number of hydrogen-bond donors (Lipinski definition) is 1. The van der Waals surface area contributed by atoms with Crippen LogP contribution in [0.25, 0.3) is 0 Å². The van der Waals surface area contributed by atoms with Crippen LogP contribution in [0.1, 0.15) is 33.3 Å². The van der Waals surface area contributed by atoms with Gasteiger partial charge in [0.05, 0.1) is 5.69 Å². The lowest BCUT2D eigenvalue weighted by Crippen LogP contribution is -2.31. The van der Waals surface area contributed by atoms with Crippen LogP contribution in [0, 0.1) is 5.92 Å². The van der Waals surface area contributed by atoms with E-state index in [1.807, 2.05) is 38.7 Å². The summed E-state index contributed by atoms with van der Waals surface area (Å²) in [6.07, 6.45) is 4.06. The van der Waals surface area contributed by atoms with Gasteiger partial charge < -0.3 is 14.8 Å². The van der Waals surface area contributed by atoms with Crippen molar-refractivity contribution in [2.24, 2.45) is 13.0 Å². The Labute approximate surface area is 110 Å². The first-order valence-electron chi connectivity index (χ1n) is 6.48. The molecule has 1 rings (SSSR count). The van der Waals surface area contributed by atoms with Gasteiger partial charge in [0.2, 0.25) is 5.91 Å². The normalized spacial score (nSPS) is 11.3. The highest BCUT2D eigenvalue weighted by Crippen LogP contribution is 2.22. The van der Waals surface area contributed by atoms with Crippen molar-refractivity contribution in [2.75, 3.05) is 11.9 Å². The first-order valence-corrected chi connectivity index (χ1v) is 6.48. The summed E-state index contributed by atoms with van der Waals surface area (Å²) in [5, 5.41) is 3.39. The van der Waals surface area contributed by atoms with Crippen LogP contribution >= 0.6 is 0 Å². The van der Waals surface area contributed by atoms with E-state index in [4.69, 9.17) is 0 Å². The van der Waals surface area contributed by atoms with E-state index >= 15 is 0 Å². The Balaban J connectivity index is 2.90. The summed E-state index contributed by atoms with van der Waals surface area (Å²) in [7, 11) is 3.83. The molecule has 0 spiro atoms. The molecule has 0 radical (unpaired) electrons. The average molecular weight is 251 g/mol. The Hall–Kier alpha value is -1.29. The number of aryl methyl sites for hydroxylation is 1. The smallest absolute Gasteiger partial charge is 0.229 e. The largest absolute Gasteiger partial charge is 0.355 e. The van der Waals surface area contributed by atoms with Crippen LogP contribution in [-0.4, -0.2) is 23.6 Å². The molecule has 102 valence electrons. The molecule has 0 aliphatic rings. The Morgan fingerprint density at radius 1 is 1.33 bits per heavy atom. The monoisotopic (exact) mass is 251 g/mol. The standard InChI is InChI=1S/C14H25N3O/c1-10(2)14(18)17(6)13-9-16(5)8-12(13)7-15-11(3)4/h8-11,15H,7H2,1-6H3. The second kappa shape index (κ2) is 6.05. The lowest BCUT2D eigenvalue weighted by atomic mass is 10.1. The van der Waals surface area contributed by atoms with E-state index in [-0.39, 0.29) is 11.8 Å². The zero-order valence-electron chi connectivity index (χ0n) is 12.3. The van der Waals surface area contributed by atoms with Gasteiger partial charge in [-0.15, -0.1) is 0 Å². The number of carbonyl (C=O) groups excluding carboxylic acids is 1. The van der Waals surface area contributed by atoms with Gasteiger partial charge in [0.15, 0.2) is 0 Å². The third-order valence-electron chi connectivity index (χ3n) is 2.90. The predicted molar refractivity (Wildman–Crippen MR) is 75.6 cm³/mol. The number of amides is 1. The van der Waals surface area contributed by atoms with E-state index in [1.54, 1.807) is 4.90 Å². The van der Waals surface area contributed by atoms with Crippen LogP contribution in [-0.2, 0) is 18.4 Å². The molecule has 0 aromatic carbocycles. The highest BCUT2D eigenvalue weighted by atomic mass is 16.2. The third kappa shape index (κ3) is 3.60. The fourth-order valence-electron chi connectivity index (χ4n) is 1.88. The topological polar surface area (TPSA) is 37.3 Å². The van der Waals surface area contributed by atoms with Crippen LogP contribution in [0.3, 0.4) is 0 Å². The highest BCUT2D eigenvalue weighted by Gasteiger charge is 2.18. The molecular formula is C14H25N3O. The lowest BCUT2D eigenvalue weighted by Gasteiger charge is -2.20. The Morgan fingerprint density at radius 3 is 2.44 bits per heavy atom. The summed E-state index contributed by atoms with van der Waals surface area (Å²) in [6.45, 7) is 8.86. The number of aromatic nitrogens is 1. The Kier molecular flexibility index (Phi) is 4.96. The van der Waals surface area contributed by atoms with Gasteiger partial charge in [-0.05, 0) is 0 Å². The van der Waals surface area contributed by atoms with E-state index in [2.05, 4.69) is 25.4 Å². The van der Waals surface area contributed by atoms with Crippen molar-refractivity contribution in [2.45, 2.75) is 40.3 Å². The van der Waals surface area contributed by atoms with E-state index in [0.29, 0.717) is 6.04 Å². The van der Waals surface area contributed by atoms with Gasteiger partial charge in [0.25, 0.3) is 0 Å². The molecule has 0 aliphatic carbocycles. The molecule has 0 saturated carbocycles. The lowest BCUT2D eigenvalue weighted by molar-refractivity contribution is -0.121. The van der Waals surface area contributed by atoms with Crippen LogP contribution in [0.15, 0.2) is 12.4 Å². The summed E-state index contributed by atoms with van der Waals surface area (Å²) < 4.78 is 2.00. The Bertz CT molecular complexity index is 407. The maximum Gasteiger partial charge on any atom is 0.229 e. The molecular weight excluding hydrogens is 226 g/mol. The van der Waals surface area contributed by atoms with Gasteiger partial charge in [-0.25, -0.2) is 0 Å². The minimum Gasteiger partial charge on any atom is -0.355 e. The van der Waals surface area contributed by atoms with Crippen molar-refractivity contribution in [3.63, 3.8) is 0 Å². The third-order valence-corrected chi connectivity index (χ3v) is 2.90. The van der Waals surface area contributed by atoms with Crippen LogP contribution in [0.2, 0.25) is 0 Å². The molecule has 0 aliphatic heterocycles.